The summed E-state index contributed by atoms with van der Waals surface area (Å²) in [4.78, 5) is 4.68. The number of imidazole rings is 1. The first kappa shape index (κ1) is 15.6. The zero-order valence-corrected chi connectivity index (χ0v) is 13.4. The largest absolute Gasteiger partial charge is 0.491 e. The summed E-state index contributed by atoms with van der Waals surface area (Å²) < 4.78 is 7.75. The second-order valence-corrected chi connectivity index (χ2v) is 5.66. The molecule has 1 heterocycles. The van der Waals surface area contributed by atoms with Crippen molar-refractivity contribution in [2.24, 2.45) is 0 Å². The summed E-state index contributed by atoms with van der Waals surface area (Å²) >= 11 is 0. The zero-order valence-electron chi connectivity index (χ0n) is 13.4. The summed E-state index contributed by atoms with van der Waals surface area (Å²) in [5.41, 5.74) is 2.04. The van der Waals surface area contributed by atoms with Crippen molar-refractivity contribution in [2.75, 3.05) is 6.61 Å². The molecule has 3 rings (SSSR count). The lowest BCUT2D eigenvalue weighted by molar-refractivity contribution is 0.0927. The lowest BCUT2D eigenvalue weighted by Gasteiger charge is -2.15. The molecule has 0 fully saturated rings. The van der Waals surface area contributed by atoms with Crippen LogP contribution in [0.5, 0.6) is 5.75 Å². The van der Waals surface area contributed by atoms with Gasteiger partial charge in [-0.25, -0.2) is 4.98 Å². The molecule has 0 amide bonds. The predicted molar refractivity (Wildman–Crippen MR) is 91.7 cm³/mol. The van der Waals surface area contributed by atoms with Crippen LogP contribution in [0.3, 0.4) is 0 Å². The van der Waals surface area contributed by atoms with Crippen molar-refractivity contribution in [3.63, 3.8) is 0 Å². The third-order valence-electron chi connectivity index (χ3n) is 3.79. The fraction of sp³-hybridized carbons (Fsp3) is 0.316. The van der Waals surface area contributed by atoms with Gasteiger partial charge in [0.15, 0.2) is 0 Å². The average Bonchev–Trinajstić information content (AvgIpc) is 2.92. The van der Waals surface area contributed by atoms with E-state index < -0.39 is 6.10 Å². The molecule has 0 aliphatic rings. The normalized spacial score (nSPS) is 12.4. The zero-order chi connectivity index (χ0) is 16.1. The minimum Gasteiger partial charge on any atom is -0.491 e. The van der Waals surface area contributed by atoms with Crippen molar-refractivity contribution in [1.82, 2.24) is 9.55 Å². The second-order valence-electron chi connectivity index (χ2n) is 5.66. The van der Waals surface area contributed by atoms with Crippen molar-refractivity contribution in [3.05, 3.63) is 60.4 Å². The van der Waals surface area contributed by atoms with E-state index in [1.165, 1.54) is 0 Å². The molecule has 23 heavy (non-hydrogen) atoms. The first-order chi connectivity index (χ1) is 11.3. The summed E-state index contributed by atoms with van der Waals surface area (Å²) in [5, 5.41) is 10.4. The van der Waals surface area contributed by atoms with Gasteiger partial charge in [0.25, 0.3) is 0 Å². The lowest BCUT2D eigenvalue weighted by atomic mass is 10.3. The van der Waals surface area contributed by atoms with Crippen LogP contribution >= 0.6 is 0 Å². The van der Waals surface area contributed by atoms with Crippen LogP contribution in [0, 0.1) is 0 Å². The second kappa shape index (κ2) is 7.29. The van der Waals surface area contributed by atoms with Crippen LogP contribution in [-0.2, 0) is 13.0 Å². The van der Waals surface area contributed by atoms with Gasteiger partial charge in [0.05, 0.1) is 17.6 Å². The highest BCUT2D eigenvalue weighted by Crippen LogP contribution is 2.18. The fourth-order valence-corrected chi connectivity index (χ4v) is 2.72. The highest BCUT2D eigenvalue weighted by Gasteiger charge is 2.14. The molecule has 4 nitrogen and oxygen atoms in total. The first-order valence-corrected chi connectivity index (χ1v) is 8.08. The lowest BCUT2D eigenvalue weighted by Crippen LogP contribution is -2.24. The van der Waals surface area contributed by atoms with Gasteiger partial charge in [0.2, 0.25) is 0 Å². The Hall–Kier alpha value is -2.33. The van der Waals surface area contributed by atoms with Gasteiger partial charge in [-0.1, -0.05) is 37.3 Å². The maximum atomic E-state index is 10.4. The van der Waals surface area contributed by atoms with E-state index in [0.29, 0.717) is 6.54 Å². The Bertz CT molecular complexity index is 752. The Morgan fingerprint density at radius 2 is 1.83 bits per heavy atom. The smallest absolute Gasteiger partial charge is 0.119 e. The Morgan fingerprint density at radius 3 is 2.61 bits per heavy atom. The highest BCUT2D eigenvalue weighted by molar-refractivity contribution is 5.75. The maximum absolute atomic E-state index is 10.4. The third kappa shape index (κ3) is 3.71. The molecule has 0 aliphatic carbocycles. The molecule has 0 spiro atoms. The summed E-state index contributed by atoms with van der Waals surface area (Å²) in [7, 11) is 0. The summed E-state index contributed by atoms with van der Waals surface area (Å²) in [6.45, 7) is 2.89. The number of aliphatic hydroxyl groups is 1. The van der Waals surface area contributed by atoms with Crippen LogP contribution in [-0.4, -0.2) is 27.4 Å². The molecule has 0 bridgehead atoms. The van der Waals surface area contributed by atoms with Crippen molar-refractivity contribution in [2.45, 2.75) is 32.4 Å². The van der Waals surface area contributed by atoms with Crippen LogP contribution in [0.4, 0.5) is 0 Å². The van der Waals surface area contributed by atoms with E-state index in [9.17, 15) is 5.11 Å². The number of aliphatic hydroxyl groups excluding tert-OH is 1. The quantitative estimate of drug-likeness (QED) is 0.727. The number of para-hydroxylation sites is 3. The van der Waals surface area contributed by atoms with Crippen molar-refractivity contribution < 1.29 is 9.84 Å². The molecule has 1 unspecified atom stereocenters. The molecule has 0 saturated carbocycles. The Balaban J connectivity index is 1.73. The molecule has 4 heteroatoms. The Kier molecular flexibility index (Phi) is 4.93. The molecule has 120 valence electrons. The molecule has 0 saturated heterocycles. The van der Waals surface area contributed by atoms with Gasteiger partial charge in [0.1, 0.15) is 24.3 Å². The number of benzene rings is 2. The first-order valence-electron chi connectivity index (χ1n) is 8.08. The van der Waals surface area contributed by atoms with Crippen LogP contribution in [0.15, 0.2) is 54.6 Å². The highest BCUT2D eigenvalue weighted by atomic mass is 16.5. The van der Waals surface area contributed by atoms with Crippen LogP contribution in [0.2, 0.25) is 0 Å². The molecule has 1 aromatic heterocycles. The molecular formula is C19H22N2O2. The summed E-state index contributed by atoms with van der Waals surface area (Å²) in [5.74, 6) is 1.79. The van der Waals surface area contributed by atoms with E-state index in [1.54, 1.807) is 0 Å². The number of ether oxygens (including phenoxy) is 1. The van der Waals surface area contributed by atoms with Crippen molar-refractivity contribution in [1.29, 1.82) is 0 Å². The third-order valence-corrected chi connectivity index (χ3v) is 3.79. The number of nitrogens with zero attached hydrogens (tertiary/aromatic N) is 2. The van der Waals surface area contributed by atoms with Crippen molar-refractivity contribution in [3.8, 4) is 5.75 Å². The van der Waals surface area contributed by atoms with Crippen molar-refractivity contribution >= 4 is 11.0 Å². The monoisotopic (exact) mass is 310 g/mol. The van der Waals surface area contributed by atoms with Gasteiger partial charge < -0.3 is 14.4 Å². The van der Waals surface area contributed by atoms with Gasteiger partial charge in [0, 0.05) is 6.42 Å². The maximum Gasteiger partial charge on any atom is 0.119 e. The average molecular weight is 310 g/mol. The fourth-order valence-electron chi connectivity index (χ4n) is 2.72. The Morgan fingerprint density at radius 1 is 1.09 bits per heavy atom. The summed E-state index contributed by atoms with van der Waals surface area (Å²) in [6, 6.07) is 17.6. The predicted octanol–water partition coefficient (Wildman–Crippen LogP) is 3.43. The van der Waals surface area contributed by atoms with E-state index in [4.69, 9.17) is 4.74 Å². The number of aryl methyl sites for hydroxylation is 1. The molecule has 2 aromatic carbocycles. The Labute approximate surface area is 136 Å². The SMILES string of the molecule is CCCc1nc2ccccc2n1CC(O)COc1ccccc1. The van der Waals surface area contributed by atoms with Crippen LogP contribution < -0.4 is 4.74 Å². The molecule has 1 N–H and O–H groups in total. The number of hydrogen-bond acceptors (Lipinski definition) is 3. The van der Waals surface area contributed by atoms with Gasteiger partial charge in [-0.3, -0.25) is 0 Å². The number of fused-ring (bicyclic) bond motifs is 1. The van der Waals surface area contributed by atoms with Gasteiger partial charge >= 0.3 is 0 Å². The van der Waals surface area contributed by atoms with E-state index in [0.717, 1.165) is 35.4 Å². The van der Waals surface area contributed by atoms with E-state index in [-0.39, 0.29) is 6.61 Å². The number of aromatic nitrogens is 2. The molecule has 0 aliphatic heterocycles. The standard InChI is InChI=1S/C19H22N2O2/c1-2-8-19-20-17-11-6-7-12-18(17)21(19)13-15(22)14-23-16-9-4-3-5-10-16/h3-7,9-12,15,22H,2,8,13-14H2,1H3. The van der Waals surface area contributed by atoms with Crippen LogP contribution in [0.1, 0.15) is 19.2 Å². The topological polar surface area (TPSA) is 47.3 Å². The minimum absolute atomic E-state index is 0.266. The minimum atomic E-state index is -0.580. The number of rotatable bonds is 7. The molecular weight excluding hydrogens is 288 g/mol. The number of hydrogen-bond donors (Lipinski definition) is 1. The van der Waals surface area contributed by atoms with E-state index >= 15 is 0 Å². The summed E-state index contributed by atoms with van der Waals surface area (Å²) in [6.07, 6.45) is 1.35. The van der Waals surface area contributed by atoms with E-state index in [1.807, 2.05) is 54.6 Å². The van der Waals surface area contributed by atoms with Crippen LogP contribution in [0.25, 0.3) is 11.0 Å². The van der Waals surface area contributed by atoms with E-state index in [2.05, 4.69) is 16.5 Å². The van der Waals surface area contributed by atoms with Gasteiger partial charge in [-0.2, -0.15) is 0 Å². The molecule has 0 radical (unpaired) electrons. The van der Waals surface area contributed by atoms with Gasteiger partial charge in [-0.15, -0.1) is 0 Å². The molecule has 3 aromatic rings. The van der Waals surface area contributed by atoms with Gasteiger partial charge in [-0.05, 0) is 30.7 Å². The molecule has 1 atom stereocenters.